The Bertz CT molecular complexity index is 372. The molecule has 1 aromatic rings. The van der Waals surface area contributed by atoms with Crippen LogP contribution in [0.3, 0.4) is 0 Å². The van der Waals surface area contributed by atoms with Crippen molar-refractivity contribution in [3.63, 3.8) is 0 Å². The fourth-order valence-corrected chi connectivity index (χ4v) is 2.18. The van der Waals surface area contributed by atoms with Gasteiger partial charge in [-0.25, -0.2) is 0 Å². The molecule has 1 atom stereocenters. The molecule has 0 spiro atoms. The van der Waals surface area contributed by atoms with Gasteiger partial charge in [0.25, 0.3) is 0 Å². The molecule has 15 heavy (non-hydrogen) atoms. The smallest absolute Gasteiger partial charge is 0.173 e. The lowest BCUT2D eigenvalue weighted by atomic mass is 10.1. The first-order chi connectivity index (χ1) is 7.02. The number of ether oxygens (including phenoxy) is 1. The lowest BCUT2D eigenvalue weighted by Gasteiger charge is -2.15. The van der Waals surface area contributed by atoms with Crippen molar-refractivity contribution in [2.45, 2.75) is 6.04 Å². The van der Waals surface area contributed by atoms with Crippen molar-refractivity contribution in [2.75, 3.05) is 13.7 Å². The van der Waals surface area contributed by atoms with E-state index in [9.17, 15) is 5.11 Å². The topological polar surface area (TPSA) is 81.5 Å². The van der Waals surface area contributed by atoms with Crippen molar-refractivity contribution >= 4 is 31.9 Å². The maximum absolute atomic E-state index is 9.68. The van der Waals surface area contributed by atoms with Crippen LogP contribution in [-0.2, 0) is 0 Å². The number of aromatic hydroxyl groups is 1. The maximum atomic E-state index is 9.68. The van der Waals surface area contributed by atoms with Crippen molar-refractivity contribution in [1.29, 1.82) is 0 Å². The molecule has 0 unspecified atom stereocenters. The Balaban J connectivity index is 3.35. The van der Waals surface area contributed by atoms with E-state index in [0.29, 0.717) is 21.2 Å². The average molecular weight is 340 g/mol. The van der Waals surface area contributed by atoms with Crippen molar-refractivity contribution in [3.05, 3.63) is 20.6 Å². The molecule has 0 aliphatic heterocycles. The van der Waals surface area contributed by atoms with Crippen LogP contribution in [0, 0.1) is 0 Å². The summed E-state index contributed by atoms with van der Waals surface area (Å²) in [5, 5.41) is 9.68. The van der Waals surface area contributed by atoms with Crippen molar-refractivity contribution in [1.82, 2.24) is 0 Å². The van der Waals surface area contributed by atoms with E-state index in [1.54, 1.807) is 6.07 Å². The van der Waals surface area contributed by atoms with Crippen LogP contribution in [0.1, 0.15) is 11.6 Å². The number of nitrogens with two attached hydrogens (primary N) is 2. The zero-order chi connectivity index (χ0) is 11.6. The molecule has 0 aliphatic rings. The average Bonchev–Trinajstić information content (AvgIpc) is 2.25. The zero-order valence-corrected chi connectivity index (χ0v) is 11.3. The van der Waals surface area contributed by atoms with Gasteiger partial charge in [0, 0.05) is 17.1 Å². The monoisotopic (exact) mass is 338 g/mol. The third kappa shape index (κ3) is 2.44. The van der Waals surface area contributed by atoms with Gasteiger partial charge < -0.3 is 21.3 Å². The summed E-state index contributed by atoms with van der Waals surface area (Å²) in [6.45, 7) is 0.318. The lowest BCUT2D eigenvalue weighted by Crippen LogP contribution is -2.21. The second-order valence-corrected chi connectivity index (χ2v) is 4.57. The second kappa shape index (κ2) is 5.16. The molecule has 0 aromatic heterocycles. The molecule has 0 fully saturated rings. The highest BCUT2D eigenvalue weighted by Gasteiger charge is 2.17. The highest BCUT2D eigenvalue weighted by atomic mass is 79.9. The largest absolute Gasteiger partial charge is 0.503 e. The molecular formula is C9H12Br2N2O2. The summed E-state index contributed by atoms with van der Waals surface area (Å²) in [6, 6.07) is 1.37. The van der Waals surface area contributed by atoms with Gasteiger partial charge in [-0.3, -0.25) is 0 Å². The van der Waals surface area contributed by atoms with E-state index in [1.807, 2.05) is 0 Å². The van der Waals surface area contributed by atoms with Gasteiger partial charge in [0.2, 0.25) is 0 Å². The van der Waals surface area contributed by atoms with Crippen LogP contribution < -0.4 is 16.2 Å². The Morgan fingerprint density at radius 2 is 2.07 bits per heavy atom. The number of rotatable bonds is 3. The molecule has 0 bridgehead atoms. The molecule has 0 heterocycles. The second-order valence-electron chi connectivity index (χ2n) is 2.99. The van der Waals surface area contributed by atoms with Gasteiger partial charge in [-0.1, -0.05) is 0 Å². The summed E-state index contributed by atoms with van der Waals surface area (Å²) in [6.07, 6.45) is 0. The Kier molecular flexibility index (Phi) is 4.39. The molecule has 1 aromatic carbocycles. The maximum Gasteiger partial charge on any atom is 0.173 e. The van der Waals surface area contributed by atoms with E-state index >= 15 is 0 Å². The Hall–Kier alpha value is -0.300. The van der Waals surface area contributed by atoms with Gasteiger partial charge in [0.1, 0.15) is 0 Å². The molecule has 6 heteroatoms. The number of hydrogen-bond donors (Lipinski definition) is 3. The quantitative estimate of drug-likeness (QED) is 0.785. The number of hydrogen-bond acceptors (Lipinski definition) is 4. The minimum atomic E-state index is -0.301. The first kappa shape index (κ1) is 12.8. The number of benzene rings is 1. The van der Waals surface area contributed by atoms with E-state index < -0.39 is 0 Å². The summed E-state index contributed by atoms with van der Waals surface area (Å²) in [4.78, 5) is 0. The highest BCUT2D eigenvalue weighted by molar-refractivity contribution is 9.13. The van der Waals surface area contributed by atoms with Gasteiger partial charge in [-0.15, -0.1) is 0 Å². The van der Waals surface area contributed by atoms with Crippen LogP contribution in [0.25, 0.3) is 0 Å². The van der Waals surface area contributed by atoms with E-state index in [1.165, 1.54) is 7.11 Å². The number of halogens is 2. The minimum absolute atomic E-state index is 0.0392. The zero-order valence-electron chi connectivity index (χ0n) is 8.13. The van der Waals surface area contributed by atoms with Crippen molar-refractivity contribution < 1.29 is 9.84 Å². The minimum Gasteiger partial charge on any atom is -0.503 e. The predicted molar refractivity (Wildman–Crippen MR) is 66.0 cm³/mol. The van der Waals surface area contributed by atoms with Gasteiger partial charge in [0.05, 0.1) is 11.6 Å². The normalized spacial score (nSPS) is 12.6. The molecule has 0 amide bonds. The van der Waals surface area contributed by atoms with E-state index in [4.69, 9.17) is 16.2 Å². The highest BCUT2D eigenvalue weighted by Crippen LogP contribution is 2.42. The molecule has 0 saturated carbocycles. The molecule has 0 radical (unpaired) electrons. The van der Waals surface area contributed by atoms with Crippen LogP contribution in [0.5, 0.6) is 11.5 Å². The van der Waals surface area contributed by atoms with Crippen LogP contribution in [-0.4, -0.2) is 18.8 Å². The SMILES string of the molecule is COc1cc([C@@H](N)CN)c(Br)c(Br)c1O. The summed E-state index contributed by atoms with van der Waals surface area (Å²) in [5.74, 6) is 0.404. The van der Waals surface area contributed by atoms with Gasteiger partial charge in [-0.2, -0.15) is 0 Å². The first-order valence-electron chi connectivity index (χ1n) is 4.23. The van der Waals surface area contributed by atoms with Gasteiger partial charge >= 0.3 is 0 Å². The predicted octanol–water partition coefficient (Wildman–Crippen LogP) is 1.88. The van der Waals surface area contributed by atoms with E-state index in [2.05, 4.69) is 31.9 Å². The molecule has 5 N–H and O–H groups in total. The number of phenolic OH excluding ortho intramolecular Hbond substituents is 1. The van der Waals surface area contributed by atoms with Crippen LogP contribution >= 0.6 is 31.9 Å². The van der Waals surface area contributed by atoms with Crippen molar-refractivity contribution in [3.8, 4) is 11.5 Å². The fraction of sp³-hybridized carbons (Fsp3) is 0.333. The van der Waals surface area contributed by atoms with Gasteiger partial charge in [0.15, 0.2) is 11.5 Å². The molecule has 0 saturated heterocycles. The molecule has 1 rings (SSSR count). The number of methoxy groups -OCH3 is 1. The van der Waals surface area contributed by atoms with E-state index in [-0.39, 0.29) is 11.8 Å². The van der Waals surface area contributed by atoms with Crippen molar-refractivity contribution in [2.24, 2.45) is 11.5 Å². The Morgan fingerprint density at radius 3 is 2.53 bits per heavy atom. The van der Waals surface area contributed by atoms with Crippen LogP contribution in [0.4, 0.5) is 0 Å². The fourth-order valence-electron chi connectivity index (χ4n) is 1.16. The first-order valence-corrected chi connectivity index (χ1v) is 5.82. The van der Waals surface area contributed by atoms with Crippen LogP contribution in [0.2, 0.25) is 0 Å². The molecule has 4 nitrogen and oxygen atoms in total. The summed E-state index contributed by atoms with van der Waals surface area (Å²) < 4.78 is 6.23. The summed E-state index contributed by atoms with van der Waals surface area (Å²) in [7, 11) is 1.48. The summed E-state index contributed by atoms with van der Waals surface area (Å²) >= 11 is 6.58. The van der Waals surface area contributed by atoms with Crippen LogP contribution in [0.15, 0.2) is 15.0 Å². The molecule has 84 valence electrons. The Labute approximate surface area is 105 Å². The van der Waals surface area contributed by atoms with E-state index in [0.717, 1.165) is 5.56 Å². The lowest BCUT2D eigenvalue weighted by molar-refractivity contribution is 0.370. The standard InChI is InChI=1S/C9H12Br2N2O2/c1-15-6-2-4(5(13)3-12)7(10)8(11)9(6)14/h2,5,14H,3,12-13H2,1H3/t5-/m0/s1. The summed E-state index contributed by atoms with van der Waals surface area (Å²) in [5.41, 5.74) is 12.1. The molecule has 0 aliphatic carbocycles. The Morgan fingerprint density at radius 1 is 1.47 bits per heavy atom. The third-order valence-electron chi connectivity index (χ3n) is 2.05. The number of phenols is 1. The van der Waals surface area contributed by atoms with Gasteiger partial charge in [-0.05, 0) is 43.5 Å². The third-order valence-corrected chi connectivity index (χ3v) is 4.21. The molecular weight excluding hydrogens is 328 g/mol.